The second-order valence-corrected chi connectivity index (χ2v) is 6.04. The van der Waals surface area contributed by atoms with Gasteiger partial charge in [0.25, 0.3) is 0 Å². The Morgan fingerprint density at radius 2 is 1.84 bits per heavy atom. The summed E-state index contributed by atoms with van der Waals surface area (Å²) in [7, 11) is -0.481. The average molecular weight is 260 g/mol. The van der Waals surface area contributed by atoms with Gasteiger partial charge in [-0.15, -0.1) is 0 Å². The fourth-order valence-electron chi connectivity index (χ4n) is 2.21. The number of anilines is 1. The van der Waals surface area contributed by atoms with Gasteiger partial charge in [0.15, 0.2) is 0 Å². The lowest BCUT2D eigenvalue weighted by Gasteiger charge is -2.32. The highest BCUT2D eigenvalue weighted by atomic mass is 16.7. The third-order valence-corrected chi connectivity index (χ3v) is 4.09. The van der Waals surface area contributed by atoms with Crippen molar-refractivity contribution in [3.63, 3.8) is 0 Å². The maximum Gasteiger partial charge on any atom is 0.514 e. The molecule has 0 bridgehead atoms. The van der Waals surface area contributed by atoms with E-state index in [1.807, 2.05) is 39.8 Å². The van der Waals surface area contributed by atoms with Crippen molar-refractivity contribution in [3.05, 3.63) is 17.8 Å². The molecule has 1 fully saturated rings. The highest BCUT2D eigenvalue weighted by Crippen LogP contribution is 2.36. The van der Waals surface area contributed by atoms with Crippen LogP contribution in [0.1, 0.15) is 33.4 Å². The summed E-state index contributed by atoms with van der Waals surface area (Å²) in [6, 6.07) is 3.69. The first kappa shape index (κ1) is 12.6. The van der Waals surface area contributed by atoms with E-state index < -0.39 is 7.12 Å². The van der Waals surface area contributed by atoms with Gasteiger partial charge in [-0.25, -0.2) is 0 Å². The van der Waals surface area contributed by atoms with Gasteiger partial charge in [0.2, 0.25) is 5.91 Å². The molecule has 6 heteroatoms. The normalized spacial score (nSPS) is 23.4. The number of fused-ring (bicyclic) bond motifs is 1. The van der Waals surface area contributed by atoms with Crippen LogP contribution < -0.4 is 10.9 Å². The quantitative estimate of drug-likeness (QED) is 0.761. The maximum atomic E-state index is 11.3. The average Bonchev–Trinajstić information content (AvgIpc) is 2.74. The number of nitrogens with zero attached hydrogens (tertiary/aromatic N) is 1. The summed E-state index contributed by atoms with van der Waals surface area (Å²) in [5.74, 6) is -0.0198. The predicted molar refractivity (Wildman–Crippen MR) is 72.3 cm³/mol. The molecule has 0 aromatic carbocycles. The van der Waals surface area contributed by atoms with Crippen molar-refractivity contribution in [1.82, 2.24) is 4.98 Å². The molecule has 0 radical (unpaired) electrons. The third-order valence-electron chi connectivity index (χ3n) is 4.09. The van der Waals surface area contributed by atoms with Crippen LogP contribution in [0.3, 0.4) is 0 Å². The molecule has 1 N–H and O–H groups in total. The van der Waals surface area contributed by atoms with Gasteiger partial charge in [0.1, 0.15) is 0 Å². The fraction of sp³-hybridized carbons (Fsp3) is 0.538. The van der Waals surface area contributed by atoms with Gasteiger partial charge in [-0.3, -0.25) is 9.78 Å². The Kier molecular flexibility index (Phi) is 2.53. The Hall–Kier alpha value is -1.40. The summed E-state index contributed by atoms with van der Waals surface area (Å²) in [5, 5.41) is 2.76. The smallest absolute Gasteiger partial charge is 0.398 e. The lowest BCUT2D eigenvalue weighted by atomic mass is 9.84. The fourth-order valence-corrected chi connectivity index (χ4v) is 2.21. The van der Waals surface area contributed by atoms with Crippen LogP contribution in [0.15, 0.2) is 12.1 Å². The first-order chi connectivity index (χ1) is 8.78. The molecule has 0 saturated carbocycles. The molecule has 1 saturated heterocycles. The van der Waals surface area contributed by atoms with Gasteiger partial charge in [0, 0.05) is 0 Å². The second kappa shape index (κ2) is 3.80. The van der Waals surface area contributed by atoms with Crippen LogP contribution in [0.5, 0.6) is 0 Å². The van der Waals surface area contributed by atoms with Crippen molar-refractivity contribution in [1.29, 1.82) is 0 Å². The summed E-state index contributed by atoms with van der Waals surface area (Å²) in [5.41, 5.74) is 1.50. The van der Waals surface area contributed by atoms with E-state index in [1.165, 1.54) is 0 Å². The summed E-state index contributed by atoms with van der Waals surface area (Å²) in [6.07, 6.45) is 0.322. The Morgan fingerprint density at radius 3 is 2.47 bits per heavy atom. The molecular weight excluding hydrogens is 243 g/mol. The Balaban J connectivity index is 1.90. The number of aromatic nitrogens is 1. The van der Waals surface area contributed by atoms with E-state index in [-0.39, 0.29) is 17.1 Å². The van der Waals surface area contributed by atoms with Crippen LogP contribution >= 0.6 is 0 Å². The standard InChI is InChI=1S/C13H17BN2O3/c1-12(2)13(3,4)19-14(18-12)10-6-5-8-9(15-10)7-11(17)16-8/h5-6H,7H2,1-4H3,(H,16,17). The molecule has 1 aromatic rings. The summed E-state index contributed by atoms with van der Waals surface area (Å²) < 4.78 is 11.9. The molecule has 3 heterocycles. The summed E-state index contributed by atoms with van der Waals surface area (Å²) in [4.78, 5) is 15.8. The Morgan fingerprint density at radius 1 is 1.21 bits per heavy atom. The van der Waals surface area contributed by atoms with E-state index in [0.717, 1.165) is 11.4 Å². The van der Waals surface area contributed by atoms with Crippen LogP contribution in [0.2, 0.25) is 0 Å². The number of carbonyl (C=O) groups is 1. The molecule has 2 aliphatic heterocycles. The summed E-state index contributed by atoms with van der Waals surface area (Å²) in [6.45, 7) is 8.02. The largest absolute Gasteiger partial charge is 0.514 e. The van der Waals surface area contributed by atoms with Crippen molar-refractivity contribution in [3.8, 4) is 0 Å². The zero-order chi connectivity index (χ0) is 13.8. The molecule has 1 amide bonds. The Labute approximate surface area is 112 Å². The Bertz CT molecular complexity index is 541. The molecule has 100 valence electrons. The molecule has 5 nitrogen and oxygen atoms in total. The third kappa shape index (κ3) is 1.95. The molecule has 3 rings (SSSR count). The number of pyridine rings is 1. The monoisotopic (exact) mass is 260 g/mol. The van der Waals surface area contributed by atoms with Gasteiger partial charge < -0.3 is 14.6 Å². The lowest BCUT2D eigenvalue weighted by molar-refractivity contribution is -0.115. The highest BCUT2D eigenvalue weighted by Gasteiger charge is 2.52. The van der Waals surface area contributed by atoms with Gasteiger partial charge in [-0.2, -0.15) is 0 Å². The number of hydrogen-bond donors (Lipinski definition) is 1. The molecule has 0 spiro atoms. The minimum Gasteiger partial charge on any atom is -0.398 e. The zero-order valence-corrected chi connectivity index (χ0v) is 11.6. The number of hydrogen-bond acceptors (Lipinski definition) is 4. The predicted octanol–water partition coefficient (Wildman–Crippen LogP) is 0.875. The van der Waals surface area contributed by atoms with Crippen LogP contribution in [-0.2, 0) is 20.5 Å². The molecule has 1 aromatic heterocycles. The molecule has 0 atom stereocenters. The molecule has 2 aliphatic rings. The van der Waals surface area contributed by atoms with Crippen LogP contribution in [0.25, 0.3) is 0 Å². The maximum absolute atomic E-state index is 11.3. The number of amides is 1. The number of nitrogens with one attached hydrogen (secondary N) is 1. The zero-order valence-electron chi connectivity index (χ0n) is 11.6. The lowest BCUT2D eigenvalue weighted by Crippen LogP contribution is -2.41. The van der Waals surface area contributed by atoms with Crippen molar-refractivity contribution in [2.45, 2.75) is 45.3 Å². The van der Waals surface area contributed by atoms with Gasteiger partial charge in [-0.05, 0) is 39.8 Å². The van der Waals surface area contributed by atoms with E-state index in [1.54, 1.807) is 0 Å². The molecule has 0 unspecified atom stereocenters. The minimum absolute atomic E-state index is 0.0198. The summed E-state index contributed by atoms with van der Waals surface area (Å²) >= 11 is 0. The van der Waals surface area contributed by atoms with E-state index in [9.17, 15) is 4.79 Å². The van der Waals surface area contributed by atoms with Gasteiger partial charge in [-0.1, -0.05) is 0 Å². The van der Waals surface area contributed by atoms with Crippen molar-refractivity contribution in [2.75, 3.05) is 5.32 Å². The van der Waals surface area contributed by atoms with Crippen molar-refractivity contribution >= 4 is 24.3 Å². The number of carbonyl (C=O) groups excluding carboxylic acids is 1. The van der Waals surface area contributed by atoms with Crippen molar-refractivity contribution < 1.29 is 14.1 Å². The molecule has 19 heavy (non-hydrogen) atoms. The first-order valence-corrected chi connectivity index (χ1v) is 6.44. The highest BCUT2D eigenvalue weighted by molar-refractivity contribution is 6.61. The topological polar surface area (TPSA) is 60.5 Å². The van der Waals surface area contributed by atoms with Crippen LogP contribution in [-0.4, -0.2) is 29.2 Å². The van der Waals surface area contributed by atoms with Crippen LogP contribution in [0.4, 0.5) is 5.69 Å². The molecular formula is C13H17BN2O3. The van der Waals surface area contributed by atoms with Crippen molar-refractivity contribution in [2.24, 2.45) is 0 Å². The molecule has 0 aliphatic carbocycles. The van der Waals surface area contributed by atoms with E-state index >= 15 is 0 Å². The SMILES string of the molecule is CC1(C)OB(c2ccc3c(n2)CC(=O)N3)OC1(C)C. The van der Waals surface area contributed by atoms with Crippen LogP contribution in [0, 0.1) is 0 Å². The van der Waals surface area contributed by atoms with Gasteiger partial charge >= 0.3 is 7.12 Å². The minimum atomic E-state index is -0.481. The number of rotatable bonds is 1. The first-order valence-electron chi connectivity index (χ1n) is 6.44. The van der Waals surface area contributed by atoms with E-state index in [4.69, 9.17) is 9.31 Å². The van der Waals surface area contributed by atoms with Gasteiger partial charge in [0.05, 0.1) is 34.6 Å². The van der Waals surface area contributed by atoms with E-state index in [0.29, 0.717) is 12.0 Å². The second-order valence-electron chi connectivity index (χ2n) is 6.04. The van der Waals surface area contributed by atoms with E-state index in [2.05, 4.69) is 10.3 Å².